The maximum absolute atomic E-state index is 12.9. The van der Waals surface area contributed by atoms with Crippen LogP contribution in [0.15, 0.2) is 65.8 Å². The summed E-state index contributed by atoms with van der Waals surface area (Å²) in [6.07, 6.45) is 3.20. The SMILES string of the molecule is CCN(CC)C(=O)c1ccc(C(=C2CCNCC2Cc2cncs2)c2ccccc2NC(=O)OC)cc1. The number of anilines is 1. The van der Waals surface area contributed by atoms with Gasteiger partial charge >= 0.3 is 6.09 Å². The molecule has 1 unspecified atom stereocenters. The van der Waals surface area contributed by atoms with E-state index in [0.29, 0.717) is 24.3 Å². The lowest BCUT2D eigenvalue weighted by molar-refractivity contribution is 0.0773. The second-order valence-electron chi connectivity index (χ2n) is 8.94. The van der Waals surface area contributed by atoms with Crippen molar-refractivity contribution in [1.29, 1.82) is 0 Å². The van der Waals surface area contributed by atoms with Gasteiger partial charge in [0.15, 0.2) is 0 Å². The number of carbonyl (C=O) groups is 2. The summed E-state index contributed by atoms with van der Waals surface area (Å²) >= 11 is 1.67. The van der Waals surface area contributed by atoms with Crippen molar-refractivity contribution < 1.29 is 14.3 Å². The first-order valence-electron chi connectivity index (χ1n) is 12.7. The summed E-state index contributed by atoms with van der Waals surface area (Å²) in [5.74, 6) is 0.302. The zero-order valence-corrected chi connectivity index (χ0v) is 22.4. The molecular weight excluding hydrogens is 484 g/mol. The van der Waals surface area contributed by atoms with Crippen molar-refractivity contribution in [2.45, 2.75) is 26.7 Å². The first kappa shape index (κ1) is 26.6. The molecule has 37 heavy (non-hydrogen) atoms. The van der Waals surface area contributed by atoms with Crippen LogP contribution in [0.1, 0.15) is 46.6 Å². The number of hydrogen-bond acceptors (Lipinski definition) is 6. The molecule has 7 nitrogen and oxygen atoms in total. The molecule has 1 aromatic heterocycles. The van der Waals surface area contributed by atoms with E-state index in [9.17, 15) is 9.59 Å². The fourth-order valence-corrected chi connectivity index (χ4v) is 5.57. The minimum Gasteiger partial charge on any atom is -0.453 e. The number of carbonyl (C=O) groups excluding carboxylic acids is 2. The monoisotopic (exact) mass is 518 g/mol. The normalized spacial score (nSPS) is 16.7. The second kappa shape index (κ2) is 12.7. The predicted molar refractivity (Wildman–Crippen MR) is 149 cm³/mol. The molecule has 1 saturated heterocycles. The number of ether oxygens (including phenoxy) is 1. The van der Waals surface area contributed by atoms with Crippen molar-refractivity contribution in [2.24, 2.45) is 5.92 Å². The number of piperidine rings is 1. The van der Waals surface area contributed by atoms with E-state index in [1.165, 1.54) is 17.6 Å². The van der Waals surface area contributed by atoms with Gasteiger partial charge in [0.1, 0.15) is 0 Å². The lowest BCUT2D eigenvalue weighted by Gasteiger charge is -2.30. The molecule has 2 heterocycles. The lowest BCUT2D eigenvalue weighted by Crippen LogP contribution is -2.33. The van der Waals surface area contributed by atoms with E-state index < -0.39 is 6.09 Å². The minimum absolute atomic E-state index is 0.0310. The summed E-state index contributed by atoms with van der Waals surface area (Å²) in [7, 11) is 1.36. The maximum Gasteiger partial charge on any atom is 0.411 e. The number of hydrogen-bond donors (Lipinski definition) is 2. The number of amides is 2. The van der Waals surface area contributed by atoms with Gasteiger partial charge in [-0.1, -0.05) is 35.9 Å². The minimum atomic E-state index is -0.511. The third kappa shape index (κ3) is 6.26. The Kier molecular flexibility index (Phi) is 9.09. The Bertz CT molecular complexity index is 1230. The largest absolute Gasteiger partial charge is 0.453 e. The number of aromatic nitrogens is 1. The molecule has 0 radical (unpaired) electrons. The van der Waals surface area contributed by atoms with Crippen LogP contribution in [0.5, 0.6) is 0 Å². The molecule has 4 rings (SSSR count). The fourth-order valence-electron chi connectivity index (χ4n) is 4.89. The van der Waals surface area contributed by atoms with Crippen LogP contribution in [0, 0.1) is 5.92 Å². The summed E-state index contributed by atoms with van der Waals surface area (Å²) in [5.41, 5.74) is 7.60. The van der Waals surface area contributed by atoms with Crippen LogP contribution in [0.25, 0.3) is 5.57 Å². The summed E-state index contributed by atoms with van der Waals surface area (Å²) in [4.78, 5) is 32.4. The van der Waals surface area contributed by atoms with E-state index >= 15 is 0 Å². The summed E-state index contributed by atoms with van der Waals surface area (Å²) in [5, 5.41) is 6.44. The van der Waals surface area contributed by atoms with Gasteiger partial charge < -0.3 is 15.0 Å². The van der Waals surface area contributed by atoms with E-state index in [2.05, 4.69) is 15.6 Å². The summed E-state index contributed by atoms with van der Waals surface area (Å²) < 4.78 is 4.89. The first-order valence-corrected chi connectivity index (χ1v) is 13.6. The lowest BCUT2D eigenvalue weighted by atomic mass is 9.81. The van der Waals surface area contributed by atoms with Gasteiger partial charge in [0.2, 0.25) is 0 Å². The number of rotatable bonds is 8. The van der Waals surface area contributed by atoms with Gasteiger partial charge in [-0.15, -0.1) is 11.3 Å². The molecular formula is C29H34N4O3S. The van der Waals surface area contributed by atoms with Crippen molar-refractivity contribution in [3.63, 3.8) is 0 Å². The third-order valence-corrected chi connectivity index (χ3v) is 7.60. The van der Waals surface area contributed by atoms with Crippen molar-refractivity contribution >= 4 is 34.6 Å². The highest BCUT2D eigenvalue weighted by molar-refractivity contribution is 7.09. The smallest absolute Gasteiger partial charge is 0.411 e. The Morgan fingerprint density at radius 2 is 1.84 bits per heavy atom. The molecule has 2 aromatic carbocycles. The van der Waals surface area contributed by atoms with Gasteiger partial charge in [-0.05, 0) is 68.5 Å². The number of nitrogens with one attached hydrogen (secondary N) is 2. The molecule has 0 spiro atoms. The summed E-state index contributed by atoms with van der Waals surface area (Å²) in [6.45, 7) is 7.06. The first-order chi connectivity index (χ1) is 18.0. The van der Waals surface area contributed by atoms with Gasteiger partial charge in [0.05, 0.1) is 18.3 Å². The standard InChI is InChI=1S/C29H34N4O3S/c1-4-33(5-2)28(34)21-12-10-20(11-13-21)27(25-8-6-7-9-26(25)32-29(35)36-3)24-14-15-30-17-22(24)16-23-18-31-19-37-23/h6-13,18-19,22,30H,4-5,14-17H2,1-3H3,(H,32,35). The van der Waals surface area contributed by atoms with E-state index in [0.717, 1.165) is 42.6 Å². The van der Waals surface area contributed by atoms with E-state index in [1.807, 2.05) is 79.0 Å². The van der Waals surface area contributed by atoms with E-state index in [1.54, 1.807) is 11.3 Å². The molecule has 0 aliphatic carbocycles. The summed E-state index contributed by atoms with van der Waals surface area (Å²) in [6, 6.07) is 15.7. The van der Waals surface area contributed by atoms with Crippen LogP contribution in [-0.2, 0) is 11.2 Å². The zero-order valence-electron chi connectivity index (χ0n) is 21.6. The topological polar surface area (TPSA) is 83.6 Å². The molecule has 3 aromatic rings. The molecule has 2 amide bonds. The van der Waals surface area contributed by atoms with Gasteiger partial charge in [-0.2, -0.15) is 0 Å². The highest BCUT2D eigenvalue weighted by Gasteiger charge is 2.26. The van der Waals surface area contributed by atoms with Crippen LogP contribution in [0.3, 0.4) is 0 Å². The molecule has 1 fully saturated rings. The van der Waals surface area contributed by atoms with Crippen molar-refractivity contribution in [3.8, 4) is 0 Å². The van der Waals surface area contributed by atoms with Crippen LogP contribution >= 0.6 is 11.3 Å². The van der Waals surface area contributed by atoms with Gasteiger partial charge in [-0.3, -0.25) is 15.1 Å². The maximum atomic E-state index is 12.9. The van der Waals surface area contributed by atoms with Crippen LogP contribution in [0.4, 0.5) is 10.5 Å². The zero-order chi connectivity index (χ0) is 26.2. The number of benzene rings is 2. The molecule has 0 bridgehead atoms. The fraction of sp³-hybridized carbons (Fsp3) is 0.345. The average molecular weight is 519 g/mol. The molecule has 1 aliphatic heterocycles. The highest BCUT2D eigenvalue weighted by Crippen LogP contribution is 2.38. The third-order valence-electron chi connectivity index (χ3n) is 6.80. The van der Waals surface area contributed by atoms with Gasteiger partial charge in [0, 0.05) is 41.8 Å². The number of para-hydroxylation sites is 1. The highest BCUT2D eigenvalue weighted by atomic mass is 32.1. The van der Waals surface area contributed by atoms with Crippen molar-refractivity contribution in [1.82, 2.24) is 15.2 Å². The number of methoxy groups -OCH3 is 1. The molecule has 2 N–H and O–H groups in total. The van der Waals surface area contributed by atoms with Crippen molar-refractivity contribution in [2.75, 3.05) is 38.6 Å². The second-order valence-corrected chi connectivity index (χ2v) is 9.91. The molecule has 194 valence electrons. The Morgan fingerprint density at radius 1 is 1.11 bits per heavy atom. The van der Waals surface area contributed by atoms with Gasteiger partial charge in [-0.25, -0.2) is 4.79 Å². The van der Waals surface area contributed by atoms with Crippen molar-refractivity contribution in [3.05, 3.63) is 87.4 Å². The van der Waals surface area contributed by atoms with Gasteiger partial charge in [0.25, 0.3) is 5.91 Å². The Morgan fingerprint density at radius 3 is 2.51 bits per heavy atom. The molecule has 1 aliphatic rings. The number of thiazole rings is 1. The van der Waals surface area contributed by atoms with E-state index in [-0.39, 0.29) is 11.8 Å². The molecule has 8 heteroatoms. The van der Waals surface area contributed by atoms with E-state index in [4.69, 9.17) is 4.74 Å². The molecule has 0 saturated carbocycles. The predicted octanol–water partition coefficient (Wildman–Crippen LogP) is 5.46. The molecule has 1 atom stereocenters. The quantitative estimate of drug-likeness (QED) is 0.414. The van der Waals surface area contributed by atoms with Crippen LogP contribution < -0.4 is 10.6 Å². The Balaban J connectivity index is 1.83. The Labute approximate surface area is 222 Å². The van der Waals surface area contributed by atoms with Crippen LogP contribution in [0.2, 0.25) is 0 Å². The Hall–Kier alpha value is -3.49. The average Bonchev–Trinajstić information content (AvgIpc) is 3.45. The number of nitrogens with zero attached hydrogens (tertiary/aromatic N) is 2. The van der Waals surface area contributed by atoms with Crippen LogP contribution in [-0.4, -0.2) is 55.2 Å².